The van der Waals surface area contributed by atoms with Crippen LogP contribution < -0.4 is 15.7 Å². The third-order valence-corrected chi connectivity index (χ3v) is 4.23. The Morgan fingerprint density at radius 2 is 1.86 bits per heavy atom. The van der Waals surface area contributed by atoms with Gasteiger partial charge in [-0.2, -0.15) is 0 Å². The molecule has 0 saturated carbocycles. The molecule has 29 heavy (non-hydrogen) atoms. The number of nitrogens with one attached hydrogen (secondary N) is 1. The summed E-state index contributed by atoms with van der Waals surface area (Å²) in [5.74, 6) is -0.383. The lowest BCUT2D eigenvalue weighted by atomic mass is 10.1. The van der Waals surface area contributed by atoms with Crippen LogP contribution in [0.25, 0.3) is 11.0 Å². The highest BCUT2D eigenvalue weighted by atomic mass is 16.6. The number of alkyl carbamates (subject to hydrolysis) is 1. The molecular weight excluding hydrogens is 374 g/mol. The van der Waals surface area contributed by atoms with Crippen LogP contribution in [0.4, 0.5) is 4.79 Å². The summed E-state index contributed by atoms with van der Waals surface area (Å²) in [4.78, 5) is 35.7. The van der Waals surface area contributed by atoms with E-state index in [1.807, 2.05) is 37.3 Å². The van der Waals surface area contributed by atoms with E-state index in [4.69, 9.17) is 13.9 Å². The van der Waals surface area contributed by atoms with Gasteiger partial charge in [-0.15, -0.1) is 0 Å². The zero-order valence-electron chi connectivity index (χ0n) is 16.2. The van der Waals surface area contributed by atoms with Crippen molar-refractivity contribution in [2.75, 3.05) is 6.54 Å². The van der Waals surface area contributed by atoms with Crippen molar-refractivity contribution in [3.05, 3.63) is 75.6 Å². The van der Waals surface area contributed by atoms with E-state index in [2.05, 4.69) is 5.32 Å². The Kier molecular flexibility index (Phi) is 6.29. The van der Waals surface area contributed by atoms with Crippen molar-refractivity contribution in [2.24, 2.45) is 0 Å². The lowest BCUT2D eigenvalue weighted by molar-refractivity contribution is -0.133. The predicted molar refractivity (Wildman–Crippen MR) is 107 cm³/mol. The summed E-state index contributed by atoms with van der Waals surface area (Å²) in [6.07, 6.45) is -0.153. The van der Waals surface area contributed by atoms with Gasteiger partial charge in [-0.1, -0.05) is 37.3 Å². The molecule has 1 aromatic heterocycles. The summed E-state index contributed by atoms with van der Waals surface area (Å²) < 4.78 is 15.7. The van der Waals surface area contributed by atoms with Crippen molar-refractivity contribution >= 4 is 23.0 Å². The molecule has 1 N–H and O–H groups in total. The molecule has 0 unspecified atom stereocenters. The molecule has 3 rings (SSSR count). The monoisotopic (exact) mass is 395 g/mol. The van der Waals surface area contributed by atoms with Crippen LogP contribution in [0.2, 0.25) is 0 Å². The van der Waals surface area contributed by atoms with Crippen molar-refractivity contribution in [2.45, 2.75) is 26.9 Å². The van der Waals surface area contributed by atoms with Crippen molar-refractivity contribution in [3.63, 3.8) is 0 Å². The number of fused-ring (bicyclic) bond motifs is 1. The molecule has 1 heterocycles. The number of amides is 1. The molecule has 0 atom stereocenters. The number of hydrogen-bond acceptors (Lipinski definition) is 6. The molecular formula is C22H21NO6. The highest BCUT2D eigenvalue weighted by Gasteiger charge is 2.15. The van der Waals surface area contributed by atoms with Gasteiger partial charge in [0.1, 0.15) is 24.5 Å². The number of aryl methyl sites for hydroxylation is 2. The second kappa shape index (κ2) is 9.05. The van der Waals surface area contributed by atoms with Crippen molar-refractivity contribution < 1.29 is 23.5 Å². The van der Waals surface area contributed by atoms with Gasteiger partial charge in [0.2, 0.25) is 0 Å². The number of benzene rings is 2. The molecule has 0 spiro atoms. The van der Waals surface area contributed by atoms with Crippen LogP contribution in [-0.2, 0) is 22.6 Å². The van der Waals surface area contributed by atoms with Crippen LogP contribution >= 0.6 is 0 Å². The lowest BCUT2D eigenvalue weighted by Crippen LogP contribution is -2.32. The Balaban J connectivity index is 1.65. The van der Waals surface area contributed by atoms with Gasteiger partial charge in [-0.3, -0.25) is 0 Å². The minimum atomic E-state index is -0.722. The number of rotatable bonds is 6. The van der Waals surface area contributed by atoms with Crippen LogP contribution in [0.3, 0.4) is 0 Å². The predicted octanol–water partition coefficient (Wildman–Crippen LogP) is 3.50. The summed E-state index contributed by atoms with van der Waals surface area (Å²) in [5.41, 5.74) is 2.22. The minimum absolute atomic E-state index is 0.100. The molecule has 7 nitrogen and oxygen atoms in total. The molecule has 1 amide bonds. The molecule has 0 saturated heterocycles. The fourth-order valence-electron chi connectivity index (χ4n) is 2.91. The van der Waals surface area contributed by atoms with E-state index in [0.29, 0.717) is 23.0 Å². The minimum Gasteiger partial charge on any atom is -0.445 e. The SMILES string of the molecule is CCc1cc(=O)oc2cc(C)cc(OC(=O)CNC(=O)OCc3ccccc3)c12. The highest BCUT2D eigenvalue weighted by molar-refractivity contribution is 5.90. The van der Waals surface area contributed by atoms with Crippen LogP contribution in [-0.4, -0.2) is 18.6 Å². The maximum atomic E-state index is 12.2. The quantitative estimate of drug-likeness (QED) is 0.390. The summed E-state index contributed by atoms with van der Waals surface area (Å²) >= 11 is 0. The van der Waals surface area contributed by atoms with Gasteiger partial charge >= 0.3 is 17.7 Å². The van der Waals surface area contributed by atoms with E-state index in [0.717, 1.165) is 11.1 Å². The van der Waals surface area contributed by atoms with E-state index < -0.39 is 17.7 Å². The van der Waals surface area contributed by atoms with Gasteiger partial charge in [0, 0.05) is 6.07 Å². The number of carbonyl (C=O) groups is 2. The molecule has 0 radical (unpaired) electrons. The van der Waals surface area contributed by atoms with E-state index >= 15 is 0 Å². The van der Waals surface area contributed by atoms with Crippen molar-refractivity contribution in [1.29, 1.82) is 0 Å². The number of carbonyl (C=O) groups excluding carboxylic acids is 2. The van der Waals surface area contributed by atoms with E-state index in [1.54, 1.807) is 19.1 Å². The fraction of sp³-hybridized carbons (Fsp3) is 0.227. The standard InChI is InChI=1S/C22H21NO6/c1-3-16-11-19(24)28-17-9-14(2)10-18(21(16)17)29-20(25)12-23-22(26)27-13-15-7-5-4-6-8-15/h4-11H,3,12-13H2,1-2H3,(H,23,26). The van der Waals surface area contributed by atoms with Gasteiger partial charge in [0.15, 0.2) is 0 Å². The van der Waals surface area contributed by atoms with E-state index in [1.165, 1.54) is 6.07 Å². The first-order valence-electron chi connectivity index (χ1n) is 9.19. The second-order valence-corrected chi connectivity index (χ2v) is 6.47. The zero-order valence-corrected chi connectivity index (χ0v) is 16.2. The van der Waals surface area contributed by atoms with Crippen LogP contribution in [0.1, 0.15) is 23.6 Å². The topological polar surface area (TPSA) is 94.8 Å². The van der Waals surface area contributed by atoms with Gasteiger partial charge in [0.25, 0.3) is 0 Å². The van der Waals surface area contributed by atoms with E-state index in [-0.39, 0.29) is 18.9 Å². The second-order valence-electron chi connectivity index (χ2n) is 6.47. The molecule has 0 aliphatic heterocycles. The van der Waals surface area contributed by atoms with Crippen molar-refractivity contribution in [1.82, 2.24) is 5.32 Å². The third kappa shape index (κ3) is 5.22. The summed E-state index contributed by atoms with van der Waals surface area (Å²) in [7, 11) is 0. The van der Waals surface area contributed by atoms with E-state index in [9.17, 15) is 14.4 Å². The van der Waals surface area contributed by atoms with Crippen LogP contribution in [0, 0.1) is 6.92 Å². The van der Waals surface area contributed by atoms with Gasteiger partial charge in [0.05, 0.1) is 5.39 Å². The molecule has 0 bridgehead atoms. The number of hydrogen-bond donors (Lipinski definition) is 1. The molecule has 3 aromatic rings. The first kappa shape index (κ1) is 20.1. The molecule has 0 fully saturated rings. The molecule has 2 aromatic carbocycles. The summed E-state index contributed by atoms with van der Waals surface area (Å²) in [6, 6.07) is 14.0. The number of ether oxygens (including phenoxy) is 2. The number of esters is 1. The first-order valence-corrected chi connectivity index (χ1v) is 9.19. The third-order valence-electron chi connectivity index (χ3n) is 4.23. The fourth-order valence-corrected chi connectivity index (χ4v) is 2.91. The average Bonchev–Trinajstić information content (AvgIpc) is 2.70. The average molecular weight is 395 g/mol. The Labute approximate surface area is 167 Å². The Morgan fingerprint density at radius 3 is 2.59 bits per heavy atom. The smallest absolute Gasteiger partial charge is 0.407 e. The van der Waals surface area contributed by atoms with Crippen LogP contribution in [0.15, 0.2) is 57.7 Å². The molecule has 0 aliphatic carbocycles. The summed E-state index contributed by atoms with van der Waals surface area (Å²) in [6.45, 7) is 3.43. The molecule has 150 valence electrons. The first-order chi connectivity index (χ1) is 14.0. The Hall–Kier alpha value is -3.61. The Bertz CT molecular complexity index is 1090. The van der Waals surface area contributed by atoms with Crippen molar-refractivity contribution in [3.8, 4) is 5.75 Å². The zero-order chi connectivity index (χ0) is 20.8. The highest BCUT2D eigenvalue weighted by Crippen LogP contribution is 2.30. The van der Waals surface area contributed by atoms with Gasteiger partial charge < -0.3 is 19.2 Å². The maximum absolute atomic E-state index is 12.2. The Morgan fingerprint density at radius 1 is 1.10 bits per heavy atom. The summed E-state index contributed by atoms with van der Waals surface area (Å²) in [5, 5.41) is 2.93. The lowest BCUT2D eigenvalue weighted by Gasteiger charge is -2.12. The molecule has 0 aliphatic rings. The normalized spacial score (nSPS) is 10.6. The largest absolute Gasteiger partial charge is 0.445 e. The van der Waals surface area contributed by atoms with Crippen LogP contribution in [0.5, 0.6) is 5.75 Å². The van der Waals surface area contributed by atoms with Gasteiger partial charge in [-0.05, 0) is 42.2 Å². The maximum Gasteiger partial charge on any atom is 0.407 e. The van der Waals surface area contributed by atoms with Gasteiger partial charge in [-0.25, -0.2) is 14.4 Å². The molecule has 7 heteroatoms.